The van der Waals surface area contributed by atoms with Crippen LogP contribution < -0.4 is 10.6 Å². The van der Waals surface area contributed by atoms with Crippen LogP contribution in [0.15, 0.2) is 24.4 Å². The molecule has 1 amide bonds. The molecular formula is C16H23ClN4O2. The van der Waals surface area contributed by atoms with Crippen molar-refractivity contribution in [2.75, 3.05) is 33.4 Å². The maximum Gasteiger partial charge on any atom is 0.253 e. The molecule has 3 N–H and O–H groups in total. The molecule has 126 valence electrons. The second-order valence-electron chi connectivity index (χ2n) is 6.01. The number of aromatic amines is 1. The van der Waals surface area contributed by atoms with E-state index < -0.39 is 0 Å². The fraction of sp³-hybridized carbons (Fsp3) is 0.500. The number of methoxy groups -OCH3 is 1. The van der Waals surface area contributed by atoms with Crippen LogP contribution >= 0.6 is 12.4 Å². The molecule has 1 aliphatic heterocycles. The van der Waals surface area contributed by atoms with Gasteiger partial charge in [-0.3, -0.25) is 9.89 Å². The van der Waals surface area contributed by atoms with Gasteiger partial charge >= 0.3 is 0 Å². The number of hydrogen-bond donors (Lipinski definition) is 3. The number of amides is 1. The first kappa shape index (κ1) is 17.7. The molecule has 3 rings (SSSR count). The van der Waals surface area contributed by atoms with Crippen molar-refractivity contribution >= 4 is 29.2 Å². The highest BCUT2D eigenvalue weighted by Gasteiger charge is 2.32. The van der Waals surface area contributed by atoms with Crippen LogP contribution in [-0.4, -0.2) is 49.5 Å². The summed E-state index contributed by atoms with van der Waals surface area (Å²) in [4.78, 5) is 12.5. The minimum atomic E-state index is -0.0659. The van der Waals surface area contributed by atoms with Crippen molar-refractivity contribution in [2.24, 2.45) is 5.41 Å². The maximum absolute atomic E-state index is 12.5. The molecule has 0 unspecified atom stereocenters. The maximum atomic E-state index is 12.5. The molecule has 0 spiro atoms. The molecule has 23 heavy (non-hydrogen) atoms. The fourth-order valence-electron chi connectivity index (χ4n) is 3.16. The lowest BCUT2D eigenvalue weighted by Crippen LogP contribution is -2.47. The molecule has 7 heteroatoms. The van der Waals surface area contributed by atoms with Gasteiger partial charge in [0, 0.05) is 24.5 Å². The van der Waals surface area contributed by atoms with E-state index >= 15 is 0 Å². The number of para-hydroxylation sites is 1. The van der Waals surface area contributed by atoms with Crippen molar-refractivity contribution in [3.05, 3.63) is 30.0 Å². The van der Waals surface area contributed by atoms with E-state index in [-0.39, 0.29) is 23.7 Å². The number of ether oxygens (including phenoxy) is 1. The number of halogens is 1. The third-order valence-corrected chi connectivity index (χ3v) is 4.46. The predicted molar refractivity (Wildman–Crippen MR) is 92.1 cm³/mol. The lowest BCUT2D eigenvalue weighted by atomic mass is 9.79. The van der Waals surface area contributed by atoms with E-state index in [1.807, 2.05) is 18.2 Å². The zero-order valence-electron chi connectivity index (χ0n) is 13.2. The van der Waals surface area contributed by atoms with Crippen LogP contribution in [0.3, 0.4) is 0 Å². The third kappa shape index (κ3) is 3.83. The summed E-state index contributed by atoms with van der Waals surface area (Å²) in [5.74, 6) is -0.0659. The largest absolute Gasteiger partial charge is 0.384 e. The van der Waals surface area contributed by atoms with Crippen LogP contribution in [0.4, 0.5) is 0 Å². The highest BCUT2D eigenvalue weighted by atomic mass is 35.5. The Labute approximate surface area is 141 Å². The molecule has 6 nitrogen and oxygen atoms in total. The van der Waals surface area contributed by atoms with Crippen LogP contribution in [0, 0.1) is 5.41 Å². The standard InChI is InChI=1S/C16H22N4O2.ClH/c1-22-11-16(5-7-17-8-6-16)10-18-15(21)13-4-2-3-12-9-19-20-14(12)13;/h2-4,9,17H,5-8,10-11H2,1H3,(H,18,21)(H,19,20);1H. The van der Waals surface area contributed by atoms with Crippen molar-refractivity contribution in [3.8, 4) is 0 Å². The van der Waals surface area contributed by atoms with E-state index in [4.69, 9.17) is 4.74 Å². The van der Waals surface area contributed by atoms with Crippen molar-refractivity contribution < 1.29 is 9.53 Å². The Morgan fingerprint density at radius 2 is 2.17 bits per heavy atom. The number of fused-ring (bicyclic) bond motifs is 1. The highest BCUT2D eigenvalue weighted by Crippen LogP contribution is 2.28. The Balaban J connectivity index is 0.00000192. The van der Waals surface area contributed by atoms with E-state index in [0.29, 0.717) is 18.7 Å². The van der Waals surface area contributed by atoms with Gasteiger partial charge in [0.25, 0.3) is 5.91 Å². The monoisotopic (exact) mass is 338 g/mol. The molecular weight excluding hydrogens is 316 g/mol. The Hall–Kier alpha value is -1.63. The van der Waals surface area contributed by atoms with Crippen molar-refractivity contribution in [1.29, 1.82) is 0 Å². The van der Waals surface area contributed by atoms with Crippen LogP contribution in [0.1, 0.15) is 23.2 Å². The summed E-state index contributed by atoms with van der Waals surface area (Å²) in [5, 5.41) is 14.3. The number of carbonyl (C=O) groups excluding carboxylic acids is 1. The van der Waals surface area contributed by atoms with Gasteiger partial charge in [-0.1, -0.05) is 12.1 Å². The van der Waals surface area contributed by atoms with Crippen LogP contribution in [0.2, 0.25) is 0 Å². The number of rotatable bonds is 5. The Kier molecular flexibility index (Phi) is 5.98. The van der Waals surface area contributed by atoms with E-state index in [0.717, 1.165) is 36.8 Å². The van der Waals surface area contributed by atoms with Crippen LogP contribution in [-0.2, 0) is 4.74 Å². The topological polar surface area (TPSA) is 79.0 Å². The van der Waals surface area contributed by atoms with E-state index in [2.05, 4.69) is 20.8 Å². The van der Waals surface area contributed by atoms with E-state index in [1.54, 1.807) is 13.3 Å². The number of nitrogens with one attached hydrogen (secondary N) is 3. The Morgan fingerprint density at radius 1 is 1.39 bits per heavy atom. The summed E-state index contributed by atoms with van der Waals surface area (Å²) in [6, 6.07) is 5.64. The van der Waals surface area contributed by atoms with E-state index in [9.17, 15) is 4.79 Å². The molecule has 2 heterocycles. The third-order valence-electron chi connectivity index (χ3n) is 4.46. The van der Waals surface area contributed by atoms with Gasteiger partial charge in [0.1, 0.15) is 0 Å². The molecule has 2 aromatic rings. The minimum absolute atomic E-state index is 0. The summed E-state index contributed by atoms with van der Waals surface area (Å²) >= 11 is 0. The first-order valence-corrected chi connectivity index (χ1v) is 7.64. The molecule has 1 aromatic heterocycles. The zero-order chi connectivity index (χ0) is 15.4. The molecule has 0 aliphatic carbocycles. The lowest BCUT2D eigenvalue weighted by Gasteiger charge is -2.37. The average Bonchev–Trinajstić information content (AvgIpc) is 3.02. The van der Waals surface area contributed by atoms with Gasteiger partial charge in [-0.05, 0) is 32.0 Å². The number of benzene rings is 1. The van der Waals surface area contributed by atoms with Gasteiger partial charge in [-0.15, -0.1) is 12.4 Å². The van der Waals surface area contributed by atoms with E-state index in [1.165, 1.54) is 0 Å². The Morgan fingerprint density at radius 3 is 2.91 bits per heavy atom. The van der Waals surface area contributed by atoms with Gasteiger partial charge in [0.2, 0.25) is 0 Å². The summed E-state index contributed by atoms with van der Waals surface area (Å²) in [6.45, 7) is 3.24. The van der Waals surface area contributed by atoms with Crippen molar-refractivity contribution in [2.45, 2.75) is 12.8 Å². The summed E-state index contributed by atoms with van der Waals surface area (Å²) in [5.41, 5.74) is 1.44. The van der Waals surface area contributed by atoms with Gasteiger partial charge < -0.3 is 15.4 Å². The molecule has 1 aromatic carbocycles. The van der Waals surface area contributed by atoms with Crippen molar-refractivity contribution in [3.63, 3.8) is 0 Å². The number of aromatic nitrogens is 2. The number of H-pyrrole nitrogens is 1. The van der Waals surface area contributed by atoms with Gasteiger partial charge in [-0.25, -0.2) is 0 Å². The summed E-state index contributed by atoms with van der Waals surface area (Å²) in [7, 11) is 1.72. The highest BCUT2D eigenvalue weighted by molar-refractivity contribution is 6.05. The molecule has 1 aliphatic rings. The minimum Gasteiger partial charge on any atom is -0.384 e. The lowest BCUT2D eigenvalue weighted by molar-refractivity contribution is 0.0512. The molecule has 0 radical (unpaired) electrons. The van der Waals surface area contributed by atoms with Gasteiger partial charge in [0.05, 0.1) is 23.9 Å². The van der Waals surface area contributed by atoms with Gasteiger partial charge in [-0.2, -0.15) is 5.10 Å². The summed E-state index contributed by atoms with van der Waals surface area (Å²) < 4.78 is 5.39. The molecule has 0 bridgehead atoms. The number of nitrogens with zero attached hydrogens (tertiary/aromatic N) is 1. The smallest absolute Gasteiger partial charge is 0.253 e. The second-order valence-corrected chi connectivity index (χ2v) is 6.01. The van der Waals surface area contributed by atoms with Crippen LogP contribution in [0.25, 0.3) is 10.9 Å². The quantitative estimate of drug-likeness (QED) is 0.775. The predicted octanol–water partition coefficient (Wildman–Crippen LogP) is 1.73. The average molecular weight is 339 g/mol. The number of piperidine rings is 1. The number of hydrogen-bond acceptors (Lipinski definition) is 4. The first-order valence-electron chi connectivity index (χ1n) is 7.64. The second kappa shape index (κ2) is 7.77. The zero-order valence-corrected chi connectivity index (χ0v) is 14.0. The van der Waals surface area contributed by atoms with Gasteiger partial charge in [0.15, 0.2) is 0 Å². The Bertz CT molecular complexity index is 647. The van der Waals surface area contributed by atoms with Crippen molar-refractivity contribution in [1.82, 2.24) is 20.8 Å². The molecule has 0 atom stereocenters. The summed E-state index contributed by atoms with van der Waals surface area (Å²) in [6.07, 6.45) is 3.75. The first-order chi connectivity index (χ1) is 10.7. The normalized spacial score (nSPS) is 16.7. The van der Waals surface area contributed by atoms with Crippen LogP contribution in [0.5, 0.6) is 0 Å². The molecule has 1 fully saturated rings. The molecule has 1 saturated heterocycles. The fourth-order valence-corrected chi connectivity index (χ4v) is 3.16. The SMILES string of the molecule is COCC1(CNC(=O)c2cccc3cn[nH]c23)CCNCC1.Cl. The number of carbonyl (C=O) groups is 1. The molecule has 0 saturated carbocycles.